The molecule has 0 N–H and O–H groups in total. The molecule has 1 heteroatoms. The van der Waals surface area contributed by atoms with E-state index in [1.807, 2.05) is 20.8 Å². The molecule has 0 heterocycles. The Kier molecular flexibility index (Phi) is 7.09. The van der Waals surface area contributed by atoms with Crippen molar-refractivity contribution in [2.75, 3.05) is 0 Å². The molecule has 1 nitrogen and oxygen atoms in total. The average molecular weight is 196 g/mol. The van der Waals surface area contributed by atoms with E-state index in [2.05, 4.69) is 19.1 Å². The predicted molar refractivity (Wildman–Crippen MR) is 64.5 cm³/mol. The highest BCUT2D eigenvalue weighted by Gasteiger charge is 2.12. The molecule has 0 unspecified atom stereocenters. The van der Waals surface area contributed by atoms with Gasteiger partial charge in [0.1, 0.15) is 0 Å². The highest BCUT2D eigenvalue weighted by Crippen LogP contribution is 2.22. The van der Waals surface area contributed by atoms with Gasteiger partial charge < -0.3 is 0 Å². The van der Waals surface area contributed by atoms with E-state index < -0.39 is 0 Å². The Morgan fingerprint density at radius 1 is 1.29 bits per heavy atom. The van der Waals surface area contributed by atoms with Gasteiger partial charge in [-0.25, -0.2) is 0 Å². The highest BCUT2D eigenvalue weighted by atomic mass is 16.1. The molecule has 0 aromatic rings. The smallest absolute Gasteiger partial charge is 0.162 e. The number of Topliss-reactive ketones (excluding diaryl/α,β-unsaturated/α-hetero) is 1. The van der Waals surface area contributed by atoms with Gasteiger partial charge in [-0.15, -0.1) is 0 Å². The number of hydrogen-bond acceptors (Lipinski definition) is 1. The lowest BCUT2D eigenvalue weighted by Gasteiger charge is -2.12. The lowest BCUT2D eigenvalue weighted by atomic mass is 9.92. The van der Waals surface area contributed by atoms with E-state index in [9.17, 15) is 4.79 Å². The summed E-state index contributed by atoms with van der Waals surface area (Å²) in [5, 5.41) is 0. The first-order chi connectivity index (χ1) is 6.79. The molecule has 0 aromatic carbocycles. The van der Waals surface area contributed by atoms with Crippen LogP contribution in [0.25, 0.3) is 0 Å². The fraction of sp³-hybridized carbons (Fsp3) is 0.615. The maximum absolute atomic E-state index is 11.4. The second-order valence-corrected chi connectivity index (χ2v) is 3.05. The zero-order valence-electron chi connectivity index (χ0n) is 9.89. The van der Waals surface area contributed by atoms with Gasteiger partial charge in [0.15, 0.2) is 5.78 Å². The molecular weight excluding hydrogens is 172 g/mol. The third-order valence-corrected chi connectivity index (χ3v) is 2.25. The Hall–Kier alpha value is -0.850. The molecule has 0 spiro atoms. The minimum atomic E-state index is 0. The highest BCUT2D eigenvalue weighted by molar-refractivity contribution is 5.99. The summed E-state index contributed by atoms with van der Waals surface area (Å²) in [7, 11) is 0. The Morgan fingerprint density at radius 3 is 2.36 bits per heavy atom. The number of ketones is 1. The van der Waals surface area contributed by atoms with Gasteiger partial charge in [-0.3, -0.25) is 4.79 Å². The summed E-state index contributed by atoms with van der Waals surface area (Å²) in [6.45, 7) is 8.03. The monoisotopic (exact) mass is 196 g/mol. The van der Waals surface area contributed by atoms with Crippen LogP contribution in [0.3, 0.4) is 0 Å². The van der Waals surface area contributed by atoms with Crippen molar-refractivity contribution in [3.8, 4) is 0 Å². The van der Waals surface area contributed by atoms with Crippen molar-refractivity contribution in [1.82, 2.24) is 0 Å². The van der Waals surface area contributed by atoms with Crippen molar-refractivity contribution in [2.45, 2.75) is 53.4 Å². The van der Waals surface area contributed by atoms with Crippen molar-refractivity contribution in [2.24, 2.45) is 0 Å². The molecule has 14 heavy (non-hydrogen) atoms. The zero-order valence-corrected chi connectivity index (χ0v) is 9.89. The number of hydrogen-bond donors (Lipinski definition) is 0. The first-order valence-electron chi connectivity index (χ1n) is 5.72. The van der Waals surface area contributed by atoms with Gasteiger partial charge in [-0.05, 0) is 24.8 Å². The quantitative estimate of drug-likeness (QED) is 0.658. The zero-order chi connectivity index (χ0) is 11.0. The van der Waals surface area contributed by atoms with Crippen molar-refractivity contribution in [1.29, 1.82) is 0 Å². The van der Waals surface area contributed by atoms with Gasteiger partial charge in [0.25, 0.3) is 0 Å². The molecule has 0 aromatic heterocycles. The Labute approximate surface area is 89.4 Å². The van der Waals surface area contributed by atoms with Gasteiger partial charge >= 0.3 is 0 Å². The fourth-order valence-corrected chi connectivity index (χ4v) is 1.54. The molecule has 82 valence electrons. The van der Waals surface area contributed by atoms with Crippen LogP contribution in [0.2, 0.25) is 0 Å². The molecule has 0 bridgehead atoms. The maximum atomic E-state index is 11.4. The largest absolute Gasteiger partial charge is 0.294 e. The molecule has 0 aliphatic heterocycles. The van der Waals surface area contributed by atoms with E-state index in [-0.39, 0.29) is 1.43 Å². The maximum Gasteiger partial charge on any atom is 0.162 e. The minimum Gasteiger partial charge on any atom is -0.294 e. The van der Waals surface area contributed by atoms with Crippen LogP contribution >= 0.6 is 0 Å². The summed E-state index contributed by atoms with van der Waals surface area (Å²) in [4.78, 5) is 11.4. The SMILES string of the molecule is CC.CCC(=O)C1=CCCC=C1CC.[HH]. The summed E-state index contributed by atoms with van der Waals surface area (Å²) < 4.78 is 0. The molecule has 0 atom stereocenters. The summed E-state index contributed by atoms with van der Waals surface area (Å²) in [5.41, 5.74) is 2.22. The molecule has 1 aliphatic carbocycles. The van der Waals surface area contributed by atoms with Crippen molar-refractivity contribution >= 4 is 5.78 Å². The molecule has 1 rings (SSSR count). The topological polar surface area (TPSA) is 17.1 Å². The standard InChI is InChI=1S/C11H16O.C2H6.H2/c1-3-9-7-5-6-8-10(9)11(12)4-2;1-2;/h7-8H,3-6H2,1-2H3;1-2H3;1H. The Morgan fingerprint density at radius 2 is 1.86 bits per heavy atom. The number of carbonyl (C=O) groups is 1. The molecule has 0 radical (unpaired) electrons. The molecule has 0 amide bonds. The van der Waals surface area contributed by atoms with Crippen LogP contribution in [-0.2, 0) is 4.79 Å². The van der Waals surface area contributed by atoms with Crippen molar-refractivity contribution < 1.29 is 6.22 Å². The Balaban J connectivity index is 0. The number of carbonyl (C=O) groups excluding carboxylic acids is 1. The van der Waals surface area contributed by atoms with Gasteiger partial charge in [0, 0.05) is 13.4 Å². The van der Waals surface area contributed by atoms with Gasteiger partial charge in [0.2, 0.25) is 0 Å². The third kappa shape index (κ3) is 3.49. The normalized spacial score (nSPS) is 14.9. The first-order valence-corrected chi connectivity index (χ1v) is 5.72. The number of rotatable bonds is 3. The molecular formula is C13H24O. The summed E-state index contributed by atoms with van der Waals surface area (Å²) in [6.07, 6.45) is 8.03. The van der Waals surface area contributed by atoms with E-state index in [1.165, 1.54) is 5.57 Å². The summed E-state index contributed by atoms with van der Waals surface area (Å²) in [6, 6.07) is 0. The molecule has 0 fully saturated rings. The molecule has 0 saturated heterocycles. The van der Waals surface area contributed by atoms with Crippen LogP contribution in [0.15, 0.2) is 23.3 Å². The average Bonchev–Trinajstić information content (AvgIpc) is 2.30. The van der Waals surface area contributed by atoms with E-state index >= 15 is 0 Å². The van der Waals surface area contributed by atoms with Crippen molar-refractivity contribution in [3.63, 3.8) is 0 Å². The predicted octanol–water partition coefficient (Wildman–Crippen LogP) is 4.29. The number of allylic oxidation sites excluding steroid dienone is 4. The van der Waals surface area contributed by atoms with Gasteiger partial charge in [-0.1, -0.05) is 39.8 Å². The van der Waals surface area contributed by atoms with E-state index in [1.54, 1.807) is 0 Å². The summed E-state index contributed by atoms with van der Waals surface area (Å²) in [5.74, 6) is 0.294. The molecule has 1 aliphatic rings. The van der Waals surface area contributed by atoms with E-state index in [4.69, 9.17) is 0 Å². The molecule has 0 saturated carbocycles. The summed E-state index contributed by atoms with van der Waals surface area (Å²) >= 11 is 0. The van der Waals surface area contributed by atoms with Gasteiger partial charge in [0.05, 0.1) is 0 Å². The van der Waals surface area contributed by atoms with Crippen LogP contribution in [0.1, 0.15) is 54.8 Å². The Bertz CT molecular complexity index is 239. The van der Waals surface area contributed by atoms with Crippen LogP contribution in [0.5, 0.6) is 0 Å². The second-order valence-electron chi connectivity index (χ2n) is 3.05. The van der Waals surface area contributed by atoms with Crippen LogP contribution in [0, 0.1) is 0 Å². The van der Waals surface area contributed by atoms with Gasteiger partial charge in [-0.2, -0.15) is 0 Å². The fourth-order valence-electron chi connectivity index (χ4n) is 1.54. The third-order valence-electron chi connectivity index (χ3n) is 2.25. The van der Waals surface area contributed by atoms with Crippen LogP contribution < -0.4 is 0 Å². The van der Waals surface area contributed by atoms with E-state index in [0.717, 1.165) is 24.8 Å². The van der Waals surface area contributed by atoms with E-state index in [0.29, 0.717) is 12.2 Å². The minimum absolute atomic E-state index is 0. The second kappa shape index (κ2) is 7.54. The van der Waals surface area contributed by atoms with Crippen LogP contribution in [-0.4, -0.2) is 5.78 Å². The lowest BCUT2D eigenvalue weighted by Crippen LogP contribution is -2.05. The van der Waals surface area contributed by atoms with Crippen LogP contribution in [0.4, 0.5) is 0 Å². The van der Waals surface area contributed by atoms with Crippen molar-refractivity contribution in [3.05, 3.63) is 23.3 Å². The lowest BCUT2D eigenvalue weighted by molar-refractivity contribution is -0.115. The first kappa shape index (κ1) is 13.2.